The molecule has 15 heavy (non-hydrogen) atoms. The summed E-state index contributed by atoms with van der Waals surface area (Å²) in [5.41, 5.74) is 3.72. The Kier molecular flexibility index (Phi) is 3.74. The van der Waals surface area contributed by atoms with Crippen LogP contribution in [0.2, 0.25) is 0 Å². The molecule has 0 atom stereocenters. The second kappa shape index (κ2) is 4.89. The first-order valence-corrected chi connectivity index (χ1v) is 7.27. The van der Waals surface area contributed by atoms with Crippen LogP contribution in [0.1, 0.15) is 15.1 Å². The largest absolute Gasteiger partial charge is 0.248 e. The van der Waals surface area contributed by atoms with E-state index in [-0.39, 0.29) is 3.74 Å². The topological polar surface area (TPSA) is 25.8 Å². The average Bonchev–Trinajstić information content (AvgIpc) is 2.27. The minimum Gasteiger partial charge on any atom is -0.248 e. The van der Waals surface area contributed by atoms with Crippen molar-refractivity contribution in [2.24, 2.45) is 0 Å². The first-order valence-electron chi connectivity index (χ1n) is 4.32. The van der Waals surface area contributed by atoms with E-state index >= 15 is 0 Å². The van der Waals surface area contributed by atoms with Gasteiger partial charge in [-0.25, -0.2) is 9.97 Å². The zero-order chi connectivity index (χ0) is 10.8. The van der Waals surface area contributed by atoms with Gasteiger partial charge >= 0.3 is 0 Å². The summed E-state index contributed by atoms with van der Waals surface area (Å²) in [7, 11) is 0. The predicted molar refractivity (Wildman–Crippen MR) is 72.8 cm³/mol. The third kappa shape index (κ3) is 2.40. The Labute approximate surface area is 113 Å². The standard InChI is InChI=1S/C10H7Br3N2/c11-5-8-9(10(12)13)15-7-4-2-1-3-6(7)14-8/h1-4,10H,5H2. The van der Waals surface area contributed by atoms with Crippen molar-refractivity contribution in [3.05, 3.63) is 35.7 Å². The van der Waals surface area contributed by atoms with E-state index < -0.39 is 0 Å². The highest BCUT2D eigenvalue weighted by atomic mass is 79.9. The SMILES string of the molecule is BrCc1nc2ccccc2nc1C(Br)Br. The minimum atomic E-state index is 0.0367. The highest BCUT2D eigenvalue weighted by Gasteiger charge is 2.12. The zero-order valence-electron chi connectivity index (χ0n) is 7.62. The normalized spacial score (nSPS) is 11.2. The van der Waals surface area contributed by atoms with Gasteiger partial charge in [0.1, 0.15) is 3.74 Å². The van der Waals surface area contributed by atoms with Crippen LogP contribution in [0.4, 0.5) is 0 Å². The summed E-state index contributed by atoms with van der Waals surface area (Å²) in [6, 6.07) is 7.86. The Morgan fingerprint density at radius 3 is 2.20 bits per heavy atom. The van der Waals surface area contributed by atoms with Gasteiger partial charge in [-0.05, 0) is 12.1 Å². The van der Waals surface area contributed by atoms with Gasteiger partial charge in [0.25, 0.3) is 0 Å². The number of nitrogens with zero attached hydrogens (tertiary/aromatic N) is 2. The summed E-state index contributed by atoms with van der Waals surface area (Å²) < 4.78 is 0.0367. The lowest BCUT2D eigenvalue weighted by atomic mass is 10.2. The number of rotatable bonds is 2. The lowest BCUT2D eigenvalue weighted by Gasteiger charge is -2.08. The van der Waals surface area contributed by atoms with Crippen LogP contribution in [0.5, 0.6) is 0 Å². The number of hydrogen-bond donors (Lipinski definition) is 0. The van der Waals surface area contributed by atoms with Crippen molar-refractivity contribution in [2.45, 2.75) is 9.07 Å². The number of hydrogen-bond acceptors (Lipinski definition) is 2. The van der Waals surface area contributed by atoms with Gasteiger partial charge in [0.2, 0.25) is 0 Å². The summed E-state index contributed by atoms with van der Waals surface area (Å²) in [6.45, 7) is 0. The van der Waals surface area contributed by atoms with Crippen LogP contribution in [0.25, 0.3) is 11.0 Å². The van der Waals surface area contributed by atoms with Gasteiger partial charge in [0, 0.05) is 5.33 Å². The summed E-state index contributed by atoms with van der Waals surface area (Å²) >= 11 is 10.3. The van der Waals surface area contributed by atoms with Crippen LogP contribution < -0.4 is 0 Å². The van der Waals surface area contributed by atoms with E-state index in [4.69, 9.17) is 0 Å². The Morgan fingerprint density at radius 2 is 1.67 bits per heavy atom. The second-order valence-corrected chi connectivity index (χ2v) is 6.60. The molecule has 0 bridgehead atoms. The number of aromatic nitrogens is 2. The Morgan fingerprint density at radius 1 is 1.07 bits per heavy atom. The van der Waals surface area contributed by atoms with E-state index in [9.17, 15) is 0 Å². The van der Waals surface area contributed by atoms with E-state index in [0.29, 0.717) is 5.33 Å². The molecular formula is C10H7Br3N2. The van der Waals surface area contributed by atoms with Gasteiger partial charge in [0.05, 0.1) is 22.4 Å². The van der Waals surface area contributed by atoms with Gasteiger partial charge in [-0.2, -0.15) is 0 Å². The van der Waals surface area contributed by atoms with E-state index in [2.05, 4.69) is 57.8 Å². The molecule has 2 nitrogen and oxygen atoms in total. The van der Waals surface area contributed by atoms with Crippen molar-refractivity contribution in [1.29, 1.82) is 0 Å². The van der Waals surface area contributed by atoms with Crippen molar-refractivity contribution in [2.75, 3.05) is 0 Å². The number of para-hydroxylation sites is 2. The fourth-order valence-corrected chi connectivity index (χ4v) is 2.47. The summed E-state index contributed by atoms with van der Waals surface area (Å²) in [4.78, 5) is 9.10. The first-order chi connectivity index (χ1) is 7.22. The molecule has 0 saturated heterocycles. The molecule has 78 valence electrons. The van der Waals surface area contributed by atoms with Crippen molar-refractivity contribution in [1.82, 2.24) is 9.97 Å². The average molecular weight is 395 g/mol. The summed E-state index contributed by atoms with van der Waals surface area (Å²) in [5, 5.41) is 0.702. The molecular weight excluding hydrogens is 388 g/mol. The molecule has 1 aromatic carbocycles. The van der Waals surface area contributed by atoms with Crippen molar-refractivity contribution in [3.8, 4) is 0 Å². The second-order valence-electron chi connectivity index (χ2n) is 2.98. The van der Waals surface area contributed by atoms with Gasteiger partial charge in [0.15, 0.2) is 0 Å². The molecule has 1 heterocycles. The molecule has 0 aliphatic rings. The highest BCUT2D eigenvalue weighted by molar-refractivity contribution is 9.24. The van der Waals surface area contributed by atoms with Gasteiger partial charge < -0.3 is 0 Å². The molecule has 0 aliphatic carbocycles. The maximum atomic E-state index is 4.56. The van der Waals surface area contributed by atoms with Crippen LogP contribution in [-0.4, -0.2) is 9.97 Å². The summed E-state index contributed by atoms with van der Waals surface area (Å²) in [5.74, 6) is 0. The lowest BCUT2D eigenvalue weighted by molar-refractivity contribution is 1.08. The van der Waals surface area contributed by atoms with Crippen LogP contribution in [0.15, 0.2) is 24.3 Å². The van der Waals surface area contributed by atoms with Gasteiger partial charge in [-0.3, -0.25) is 0 Å². The van der Waals surface area contributed by atoms with Crippen LogP contribution in [-0.2, 0) is 5.33 Å². The van der Waals surface area contributed by atoms with E-state index in [1.165, 1.54) is 0 Å². The van der Waals surface area contributed by atoms with Crippen molar-refractivity contribution in [3.63, 3.8) is 0 Å². The molecule has 1 aromatic heterocycles. The third-order valence-corrected chi connectivity index (χ3v) is 3.41. The molecule has 0 fully saturated rings. The van der Waals surface area contributed by atoms with Crippen molar-refractivity contribution < 1.29 is 0 Å². The van der Waals surface area contributed by atoms with E-state index in [1.807, 2.05) is 24.3 Å². The third-order valence-electron chi connectivity index (χ3n) is 2.01. The molecule has 0 saturated carbocycles. The van der Waals surface area contributed by atoms with Crippen molar-refractivity contribution >= 4 is 58.8 Å². The fourth-order valence-electron chi connectivity index (χ4n) is 1.32. The van der Waals surface area contributed by atoms with E-state index in [0.717, 1.165) is 22.4 Å². The van der Waals surface area contributed by atoms with Gasteiger partial charge in [-0.15, -0.1) is 0 Å². The van der Waals surface area contributed by atoms with Crippen LogP contribution >= 0.6 is 47.8 Å². The molecule has 2 rings (SSSR count). The number of halogens is 3. The smallest absolute Gasteiger partial charge is 0.114 e. The molecule has 0 radical (unpaired) electrons. The highest BCUT2D eigenvalue weighted by Crippen LogP contribution is 2.31. The molecule has 5 heteroatoms. The molecule has 2 aromatic rings. The fraction of sp³-hybridized carbons (Fsp3) is 0.200. The molecule has 0 N–H and O–H groups in total. The maximum Gasteiger partial charge on any atom is 0.114 e. The summed E-state index contributed by atoms with van der Waals surface area (Å²) in [6.07, 6.45) is 0. The number of benzene rings is 1. The number of alkyl halides is 3. The molecule has 0 aliphatic heterocycles. The van der Waals surface area contributed by atoms with Gasteiger partial charge in [-0.1, -0.05) is 59.9 Å². The minimum absolute atomic E-state index is 0.0367. The monoisotopic (exact) mass is 392 g/mol. The van der Waals surface area contributed by atoms with E-state index in [1.54, 1.807) is 0 Å². The Balaban J connectivity index is 2.69. The quantitative estimate of drug-likeness (QED) is 0.709. The number of fused-ring (bicyclic) bond motifs is 1. The molecule has 0 spiro atoms. The molecule has 0 amide bonds. The Hall–Kier alpha value is -0.000000000000000111. The first kappa shape index (κ1) is 11.5. The lowest BCUT2D eigenvalue weighted by Crippen LogP contribution is -1.99. The maximum absolute atomic E-state index is 4.56. The van der Waals surface area contributed by atoms with Crippen LogP contribution in [0.3, 0.4) is 0 Å². The molecule has 0 unspecified atom stereocenters. The van der Waals surface area contributed by atoms with Crippen LogP contribution in [0, 0.1) is 0 Å². The zero-order valence-corrected chi connectivity index (χ0v) is 12.4. The Bertz CT molecular complexity index is 485. The predicted octanol–water partition coefficient (Wildman–Crippen LogP) is 4.31.